The van der Waals surface area contributed by atoms with Gasteiger partial charge in [-0.15, -0.1) is 11.3 Å². The zero-order valence-corrected chi connectivity index (χ0v) is 10.2. The van der Waals surface area contributed by atoms with Gasteiger partial charge in [0.15, 0.2) is 4.96 Å². The predicted molar refractivity (Wildman–Crippen MR) is 67.9 cm³/mol. The molecule has 0 atom stereocenters. The monoisotopic (exact) mass is 249 g/mol. The van der Waals surface area contributed by atoms with Gasteiger partial charge in [-0.3, -0.25) is 4.40 Å². The highest BCUT2D eigenvalue weighted by Crippen LogP contribution is 2.11. The molecule has 0 aliphatic heterocycles. The van der Waals surface area contributed by atoms with E-state index in [4.69, 9.17) is 0 Å². The third-order valence-corrected chi connectivity index (χ3v) is 3.86. The van der Waals surface area contributed by atoms with Crippen molar-refractivity contribution in [3.8, 4) is 0 Å². The molecule has 0 fully saturated rings. The SMILES string of the molecule is c1cc(CNCc2cn3ccsc3n2)cs1. The summed E-state index contributed by atoms with van der Waals surface area (Å²) >= 11 is 3.40. The molecule has 0 aliphatic rings. The summed E-state index contributed by atoms with van der Waals surface area (Å²) in [7, 11) is 0. The first-order valence-electron chi connectivity index (χ1n) is 5.05. The zero-order chi connectivity index (χ0) is 10.8. The molecule has 0 bridgehead atoms. The fourth-order valence-electron chi connectivity index (χ4n) is 1.59. The summed E-state index contributed by atoms with van der Waals surface area (Å²) in [6, 6.07) is 2.14. The number of nitrogens with one attached hydrogen (secondary N) is 1. The Morgan fingerprint density at radius 2 is 2.31 bits per heavy atom. The standard InChI is InChI=1S/C11H11N3S2/c1-3-15-8-9(1)5-12-6-10-7-14-2-4-16-11(14)13-10/h1-4,7-8,12H,5-6H2. The Morgan fingerprint density at radius 1 is 1.31 bits per heavy atom. The Balaban J connectivity index is 1.61. The minimum atomic E-state index is 0.824. The van der Waals surface area contributed by atoms with E-state index in [1.165, 1.54) is 5.56 Å². The zero-order valence-electron chi connectivity index (χ0n) is 8.59. The van der Waals surface area contributed by atoms with Gasteiger partial charge in [-0.2, -0.15) is 11.3 Å². The quantitative estimate of drug-likeness (QED) is 0.770. The van der Waals surface area contributed by atoms with E-state index in [9.17, 15) is 0 Å². The lowest BCUT2D eigenvalue weighted by Crippen LogP contribution is -2.12. The van der Waals surface area contributed by atoms with Crippen LogP contribution in [0.1, 0.15) is 11.3 Å². The van der Waals surface area contributed by atoms with Gasteiger partial charge in [0, 0.05) is 30.9 Å². The topological polar surface area (TPSA) is 29.3 Å². The summed E-state index contributed by atoms with van der Waals surface area (Å²) in [5.74, 6) is 0. The number of thiazole rings is 1. The van der Waals surface area contributed by atoms with E-state index >= 15 is 0 Å². The lowest BCUT2D eigenvalue weighted by Gasteiger charge is -1.99. The smallest absolute Gasteiger partial charge is 0.193 e. The Kier molecular flexibility index (Phi) is 2.73. The van der Waals surface area contributed by atoms with Crippen LogP contribution in [-0.2, 0) is 13.1 Å². The number of hydrogen-bond acceptors (Lipinski definition) is 4. The average molecular weight is 249 g/mol. The van der Waals surface area contributed by atoms with Crippen molar-refractivity contribution in [2.45, 2.75) is 13.1 Å². The number of thiophene rings is 1. The molecule has 0 aromatic carbocycles. The lowest BCUT2D eigenvalue weighted by atomic mass is 10.3. The van der Waals surface area contributed by atoms with E-state index in [0.717, 1.165) is 23.7 Å². The molecular weight excluding hydrogens is 238 g/mol. The van der Waals surface area contributed by atoms with Gasteiger partial charge in [0.2, 0.25) is 0 Å². The van der Waals surface area contributed by atoms with Crippen molar-refractivity contribution in [1.29, 1.82) is 0 Å². The van der Waals surface area contributed by atoms with Crippen LogP contribution in [-0.4, -0.2) is 9.38 Å². The van der Waals surface area contributed by atoms with Crippen LogP contribution >= 0.6 is 22.7 Å². The molecule has 3 aromatic heterocycles. The molecule has 3 rings (SSSR count). The van der Waals surface area contributed by atoms with Crippen LogP contribution in [0.25, 0.3) is 4.96 Å². The summed E-state index contributed by atoms with van der Waals surface area (Å²) in [4.78, 5) is 5.58. The second-order valence-electron chi connectivity index (χ2n) is 3.56. The Labute approximate surface area is 101 Å². The van der Waals surface area contributed by atoms with Crippen LogP contribution in [0, 0.1) is 0 Å². The maximum atomic E-state index is 4.51. The lowest BCUT2D eigenvalue weighted by molar-refractivity contribution is 0.684. The summed E-state index contributed by atoms with van der Waals surface area (Å²) in [6.07, 6.45) is 4.11. The largest absolute Gasteiger partial charge is 0.307 e. The molecule has 0 amide bonds. The number of imidazole rings is 1. The van der Waals surface area contributed by atoms with Crippen molar-refractivity contribution in [2.75, 3.05) is 0 Å². The molecule has 1 N–H and O–H groups in total. The number of hydrogen-bond donors (Lipinski definition) is 1. The number of rotatable bonds is 4. The molecule has 82 valence electrons. The molecule has 0 saturated carbocycles. The minimum absolute atomic E-state index is 0.824. The van der Waals surface area contributed by atoms with Gasteiger partial charge in [-0.25, -0.2) is 4.98 Å². The fourth-order valence-corrected chi connectivity index (χ4v) is 2.98. The van der Waals surface area contributed by atoms with Crippen LogP contribution in [0.4, 0.5) is 0 Å². The summed E-state index contributed by atoms with van der Waals surface area (Å²) < 4.78 is 2.06. The maximum Gasteiger partial charge on any atom is 0.193 e. The summed E-state index contributed by atoms with van der Waals surface area (Å²) in [5.41, 5.74) is 2.44. The molecule has 3 aromatic rings. The van der Waals surface area contributed by atoms with E-state index < -0.39 is 0 Å². The summed E-state index contributed by atoms with van der Waals surface area (Å²) in [6.45, 7) is 1.74. The van der Waals surface area contributed by atoms with E-state index in [-0.39, 0.29) is 0 Å². The van der Waals surface area contributed by atoms with E-state index in [1.807, 2.05) is 11.6 Å². The van der Waals surface area contributed by atoms with Crippen molar-refractivity contribution < 1.29 is 0 Å². The molecule has 16 heavy (non-hydrogen) atoms. The van der Waals surface area contributed by atoms with Crippen molar-refractivity contribution in [1.82, 2.24) is 14.7 Å². The van der Waals surface area contributed by atoms with Gasteiger partial charge in [-0.1, -0.05) is 0 Å². The Hall–Kier alpha value is -1.17. The molecule has 0 spiro atoms. The van der Waals surface area contributed by atoms with Gasteiger partial charge in [0.05, 0.1) is 5.69 Å². The fraction of sp³-hybridized carbons (Fsp3) is 0.182. The van der Waals surface area contributed by atoms with Crippen LogP contribution in [0.5, 0.6) is 0 Å². The molecule has 0 saturated heterocycles. The first kappa shape index (κ1) is 10.0. The number of aromatic nitrogens is 2. The van der Waals surface area contributed by atoms with Crippen LogP contribution in [0.2, 0.25) is 0 Å². The average Bonchev–Trinajstić information content (AvgIpc) is 2.91. The number of nitrogens with zero attached hydrogens (tertiary/aromatic N) is 2. The molecular formula is C11H11N3S2. The molecule has 3 nitrogen and oxygen atoms in total. The van der Waals surface area contributed by atoms with Crippen molar-refractivity contribution in [3.05, 3.63) is 45.9 Å². The second kappa shape index (κ2) is 4.37. The highest BCUT2D eigenvalue weighted by atomic mass is 32.1. The van der Waals surface area contributed by atoms with Gasteiger partial charge < -0.3 is 5.32 Å². The predicted octanol–water partition coefficient (Wildman–Crippen LogP) is 2.75. The highest BCUT2D eigenvalue weighted by Gasteiger charge is 2.01. The summed E-state index contributed by atoms with van der Waals surface area (Å²) in [5, 5.41) is 9.70. The van der Waals surface area contributed by atoms with Gasteiger partial charge >= 0.3 is 0 Å². The molecule has 0 unspecified atom stereocenters. The second-order valence-corrected chi connectivity index (χ2v) is 5.21. The van der Waals surface area contributed by atoms with E-state index in [0.29, 0.717) is 0 Å². The first-order valence-corrected chi connectivity index (χ1v) is 6.87. The molecule has 0 aliphatic carbocycles. The minimum Gasteiger partial charge on any atom is -0.307 e. The third-order valence-electron chi connectivity index (χ3n) is 2.36. The van der Waals surface area contributed by atoms with Crippen LogP contribution in [0.3, 0.4) is 0 Å². The highest BCUT2D eigenvalue weighted by molar-refractivity contribution is 7.15. The Bertz CT molecular complexity index is 536. The van der Waals surface area contributed by atoms with E-state index in [2.05, 4.69) is 37.7 Å². The third kappa shape index (κ3) is 2.02. The van der Waals surface area contributed by atoms with Crippen molar-refractivity contribution >= 4 is 27.6 Å². The maximum absolute atomic E-state index is 4.51. The van der Waals surface area contributed by atoms with E-state index in [1.54, 1.807) is 22.7 Å². The van der Waals surface area contributed by atoms with Gasteiger partial charge in [0.25, 0.3) is 0 Å². The molecule has 5 heteroatoms. The number of fused-ring (bicyclic) bond motifs is 1. The first-order chi connectivity index (χ1) is 7.92. The van der Waals surface area contributed by atoms with Crippen LogP contribution < -0.4 is 5.32 Å². The van der Waals surface area contributed by atoms with Gasteiger partial charge in [0.1, 0.15) is 0 Å². The normalized spacial score (nSPS) is 11.2. The Morgan fingerprint density at radius 3 is 3.12 bits per heavy atom. The molecule has 0 radical (unpaired) electrons. The van der Waals surface area contributed by atoms with Crippen molar-refractivity contribution in [2.24, 2.45) is 0 Å². The molecule has 3 heterocycles. The van der Waals surface area contributed by atoms with Gasteiger partial charge in [-0.05, 0) is 22.4 Å². The van der Waals surface area contributed by atoms with Crippen molar-refractivity contribution in [3.63, 3.8) is 0 Å². The van der Waals surface area contributed by atoms with Crippen LogP contribution in [0.15, 0.2) is 34.6 Å².